The van der Waals surface area contributed by atoms with Gasteiger partial charge in [-0.15, -0.1) is 0 Å². The fourth-order valence-corrected chi connectivity index (χ4v) is 4.50. The average molecular weight is 924 g/mol. The van der Waals surface area contributed by atoms with E-state index in [1.165, 1.54) is 0 Å². The van der Waals surface area contributed by atoms with Crippen LogP contribution in [0.4, 0.5) is 114 Å². The van der Waals surface area contributed by atoms with Crippen molar-refractivity contribution in [2.24, 2.45) is 11.8 Å². The molecular weight excluding hydrogens is 910 g/mol. The molecule has 0 bridgehead atoms. The van der Waals surface area contributed by atoms with Crippen molar-refractivity contribution >= 4 is 31.9 Å². The van der Waals surface area contributed by atoms with Gasteiger partial charge in [-0.3, -0.25) is 0 Å². The molecule has 0 rings (SSSR count). The Morgan fingerprint density at radius 2 is 0.429 bits per heavy atom. The lowest BCUT2D eigenvalue weighted by Gasteiger charge is -2.52. The maximum Gasteiger partial charge on any atom is 0.460 e. The van der Waals surface area contributed by atoms with Gasteiger partial charge in [-0.05, 0) is 43.7 Å². The monoisotopic (exact) mass is 922 g/mol. The number of hydrogen-bond donors (Lipinski definition) is 0. The van der Waals surface area contributed by atoms with Crippen LogP contribution >= 0.6 is 31.9 Å². The molecule has 0 aromatic heterocycles. The number of ether oxygens (including phenoxy) is 1. The fraction of sp³-hybridized carbons (Fsp3) is 1.00. The first kappa shape index (κ1) is 48.1. The summed E-state index contributed by atoms with van der Waals surface area (Å²) < 4.78 is 350. The van der Waals surface area contributed by atoms with Crippen molar-refractivity contribution in [3.8, 4) is 0 Å². The maximum atomic E-state index is 15.2. The molecule has 0 amide bonds. The Kier molecular flexibility index (Phi) is 12.1. The number of rotatable bonds is 14. The molecule has 0 aromatic rings. The number of alkyl halides is 28. The van der Waals surface area contributed by atoms with Gasteiger partial charge in [0.25, 0.3) is 0 Å². The minimum absolute atomic E-state index is 0.157. The van der Waals surface area contributed by atoms with Gasteiger partial charge in [0.2, 0.25) is 0 Å². The molecule has 0 aliphatic rings. The summed E-state index contributed by atoms with van der Waals surface area (Å²) in [5.41, 5.74) is 0. The molecule has 29 heteroatoms. The van der Waals surface area contributed by atoms with E-state index in [1.807, 2.05) is 0 Å². The van der Waals surface area contributed by atoms with E-state index < -0.39 is 92.4 Å². The van der Waals surface area contributed by atoms with Crippen LogP contribution in [0.5, 0.6) is 0 Å². The zero-order valence-electron chi connectivity index (χ0n) is 23.1. The van der Waals surface area contributed by atoms with Crippen LogP contribution in [0, 0.1) is 11.8 Å². The Labute approximate surface area is 271 Å². The van der Waals surface area contributed by atoms with E-state index in [4.69, 9.17) is 0 Å². The van der Waals surface area contributed by atoms with Crippen molar-refractivity contribution < 1.29 is 119 Å². The van der Waals surface area contributed by atoms with E-state index in [0.717, 1.165) is 31.9 Å². The molecule has 0 radical (unpaired) electrons. The summed E-state index contributed by atoms with van der Waals surface area (Å²) in [5.74, 6) is -90.3. The Morgan fingerprint density at radius 3 is 0.571 bits per heavy atom. The van der Waals surface area contributed by atoms with Gasteiger partial charge in [-0.1, -0.05) is 27.7 Å². The van der Waals surface area contributed by atoms with E-state index in [1.54, 1.807) is 0 Å². The molecule has 296 valence electrons. The fourth-order valence-electron chi connectivity index (χ4n) is 3.27. The highest BCUT2D eigenvalue weighted by molar-refractivity contribution is 9.10. The summed E-state index contributed by atoms with van der Waals surface area (Å²) in [6.07, 6.45) is -15.9. The first-order chi connectivity index (χ1) is 20.6. The van der Waals surface area contributed by atoms with Crippen molar-refractivity contribution in [1.82, 2.24) is 0 Å². The molecule has 2 atom stereocenters. The van der Waals surface area contributed by atoms with Crippen molar-refractivity contribution in [3.05, 3.63) is 0 Å². The maximum absolute atomic E-state index is 15.2. The second kappa shape index (κ2) is 12.3. The molecule has 1 nitrogen and oxygen atoms in total. The topological polar surface area (TPSA) is 9.23 Å². The zero-order chi connectivity index (χ0) is 40.9. The van der Waals surface area contributed by atoms with Crippen molar-refractivity contribution in [3.63, 3.8) is 0 Å². The summed E-state index contributed by atoms with van der Waals surface area (Å²) in [6.45, 7) is -0.627. The van der Waals surface area contributed by atoms with Crippen LogP contribution in [0.25, 0.3) is 0 Å². The molecule has 49 heavy (non-hydrogen) atoms. The van der Waals surface area contributed by atoms with E-state index in [0.29, 0.717) is 0 Å². The van der Waals surface area contributed by atoms with E-state index in [9.17, 15) is 96.6 Å². The first-order valence-electron chi connectivity index (χ1n) is 11.6. The summed E-state index contributed by atoms with van der Waals surface area (Å²) in [5, 5.41) is 0. The number of hydrogen-bond acceptors (Lipinski definition) is 1. The van der Waals surface area contributed by atoms with Crippen LogP contribution in [-0.2, 0) is 4.74 Å². The highest BCUT2D eigenvalue weighted by atomic mass is 79.9. The van der Waals surface area contributed by atoms with Gasteiger partial charge in [0, 0.05) is 0 Å². The molecule has 0 aliphatic carbocycles. The molecule has 0 aromatic carbocycles. The molecule has 0 aliphatic heterocycles. The SMILES string of the molecule is CC(C)C(Br)(OC(Br)(C(C)C)C(F)(F)C(F)(F)C(F)(F)C(F)(F)C(F)(F)C(F)(F)F)C(F)(F)C(F)(F)C(F)(F)C(F)(F)C(F)(F)C(F)(F)F. The van der Waals surface area contributed by atoms with Crippen LogP contribution in [-0.4, -0.2) is 80.6 Å². The van der Waals surface area contributed by atoms with Gasteiger partial charge >= 0.3 is 71.6 Å². The molecular formula is C20H14Br2F26O. The molecule has 0 heterocycles. The molecule has 0 fully saturated rings. The Bertz CT molecular complexity index is 1100. The Hall–Kier alpha value is -0.900. The van der Waals surface area contributed by atoms with E-state index in [-0.39, 0.29) is 27.7 Å². The molecule has 0 N–H and O–H groups in total. The van der Waals surface area contributed by atoms with Gasteiger partial charge in [-0.25, -0.2) is 0 Å². The van der Waals surface area contributed by atoms with Gasteiger partial charge in [0.1, 0.15) is 0 Å². The third-order valence-electron chi connectivity index (χ3n) is 6.51. The average Bonchev–Trinajstić information content (AvgIpc) is 2.85. The minimum atomic E-state index is -8.71. The Morgan fingerprint density at radius 1 is 0.286 bits per heavy atom. The minimum Gasteiger partial charge on any atom is -0.332 e. The first-order valence-corrected chi connectivity index (χ1v) is 13.2. The predicted molar refractivity (Wildman–Crippen MR) is 116 cm³/mol. The third kappa shape index (κ3) is 6.12. The molecule has 0 saturated heterocycles. The van der Waals surface area contributed by atoms with Gasteiger partial charge < -0.3 is 4.74 Å². The number of halogens is 28. The van der Waals surface area contributed by atoms with Gasteiger partial charge in [0.15, 0.2) is 9.02 Å². The lowest BCUT2D eigenvalue weighted by Crippen LogP contribution is -2.76. The second-order valence-electron chi connectivity index (χ2n) is 10.4. The standard InChI is InChI=1S/C20H14Br2F26O/c1-5(2)7(21,9(23,24)11(27,28)13(31,32)15(35,36)17(39,40)19(43,44)45)49-8(22,6(3)4)10(25,26)12(29,30)14(33,34)16(37,38)18(41,42)20(46,47)48/h5-6H,1-4H3. The predicted octanol–water partition coefficient (Wildman–Crippen LogP) is 12.0. The van der Waals surface area contributed by atoms with Crippen molar-refractivity contribution in [2.75, 3.05) is 0 Å². The summed E-state index contributed by atoms with van der Waals surface area (Å²) in [6, 6.07) is 0. The quantitative estimate of drug-likeness (QED) is 0.125. The highest BCUT2D eigenvalue weighted by Gasteiger charge is 2.95. The van der Waals surface area contributed by atoms with Crippen molar-refractivity contribution in [2.45, 2.75) is 108 Å². The summed E-state index contributed by atoms with van der Waals surface area (Å²) in [4.78, 5) is 0. The normalized spacial score (nSPS) is 19.0. The molecule has 2 unspecified atom stereocenters. The third-order valence-corrected chi connectivity index (χ3v) is 9.66. The largest absolute Gasteiger partial charge is 0.460 e. The summed E-state index contributed by atoms with van der Waals surface area (Å²) >= 11 is 2.23. The zero-order valence-corrected chi connectivity index (χ0v) is 26.3. The van der Waals surface area contributed by atoms with Crippen LogP contribution in [0.1, 0.15) is 27.7 Å². The van der Waals surface area contributed by atoms with Gasteiger partial charge in [0.05, 0.1) is 0 Å². The van der Waals surface area contributed by atoms with E-state index in [2.05, 4.69) is 4.74 Å². The van der Waals surface area contributed by atoms with Crippen LogP contribution in [0.15, 0.2) is 0 Å². The van der Waals surface area contributed by atoms with Crippen LogP contribution in [0.3, 0.4) is 0 Å². The smallest absolute Gasteiger partial charge is 0.332 e. The molecule has 0 saturated carbocycles. The highest BCUT2D eigenvalue weighted by Crippen LogP contribution is 2.68. The van der Waals surface area contributed by atoms with E-state index >= 15 is 17.6 Å². The lowest BCUT2D eigenvalue weighted by atomic mass is 9.85. The van der Waals surface area contributed by atoms with Crippen LogP contribution in [0.2, 0.25) is 0 Å². The van der Waals surface area contributed by atoms with Crippen LogP contribution < -0.4 is 0 Å². The summed E-state index contributed by atoms with van der Waals surface area (Å²) in [7, 11) is 0. The van der Waals surface area contributed by atoms with Crippen molar-refractivity contribution in [1.29, 1.82) is 0 Å². The lowest BCUT2D eigenvalue weighted by molar-refractivity contribution is -0.458. The van der Waals surface area contributed by atoms with Gasteiger partial charge in [-0.2, -0.15) is 114 Å². The Balaban J connectivity index is 7.85. The molecule has 0 spiro atoms. The second-order valence-corrected chi connectivity index (χ2v) is 12.8.